The SMILES string of the molecule is O=C(c1ccc(Cl)c(N2CCCC2)c1)N1CCOCC1. The van der Waals surface area contributed by atoms with E-state index in [2.05, 4.69) is 4.90 Å². The number of rotatable bonds is 2. The molecule has 2 saturated heterocycles. The molecule has 1 aromatic rings. The minimum Gasteiger partial charge on any atom is -0.378 e. The van der Waals surface area contributed by atoms with Gasteiger partial charge in [-0.2, -0.15) is 0 Å². The number of amides is 1. The molecule has 0 unspecified atom stereocenters. The van der Waals surface area contributed by atoms with Gasteiger partial charge in [0, 0.05) is 31.7 Å². The Bertz CT molecular complexity index is 495. The molecular formula is C15H19ClN2O2. The molecule has 0 bridgehead atoms. The van der Waals surface area contributed by atoms with Crippen LogP contribution in [0.2, 0.25) is 5.02 Å². The van der Waals surface area contributed by atoms with Crippen molar-refractivity contribution in [3.63, 3.8) is 0 Å². The maximum absolute atomic E-state index is 12.5. The van der Waals surface area contributed by atoms with E-state index in [1.165, 1.54) is 12.8 Å². The summed E-state index contributed by atoms with van der Waals surface area (Å²) in [5.74, 6) is 0.0745. The number of halogens is 1. The van der Waals surface area contributed by atoms with Gasteiger partial charge in [-0.3, -0.25) is 4.79 Å². The second-order valence-corrected chi connectivity index (χ2v) is 5.67. The summed E-state index contributed by atoms with van der Waals surface area (Å²) in [5, 5.41) is 0.727. The Hall–Kier alpha value is -1.26. The van der Waals surface area contributed by atoms with Crippen LogP contribution in [0.1, 0.15) is 23.2 Å². The van der Waals surface area contributed by atoms with Crippen molar-refractivity contribution in [1.82, 2.24) is 4.90 Å². The summed E-state index contributed by atoms with van der Waals surface area (Å²) in [7, 11) is 0. The fourth-order valence-electron chi connectivity index (χ4n) is 2.80. The molecule has 0 N–H and O–H groups in total. The van der Waals surface area contributed by atoms with Gasteiger partial charge in [-0.15, -0.1) is 0 Å². The number of hydrogen-bond donors (Lipinski definition) is 0. The Morgan fingerprint density at radius 3 is 2.50 bits per heavy atom. The van der Waals surface area contributed by atoms with Gasteiger partial charge in [-0.1, -0.05) is 11.6 Å². The van der Waals surface area contributed by atoms with Crippen molar-refractivity contribution in [2.75, 3.05) is 44.3 Å². The van der Waals surface area contributed by atoms with Crippen LogP contribution in [0.4, 0.5) is 5.69 Å². The number of hydrogen-bond acceptors (Lipinski definition) is 3. The van der Waals surface area contributed by atoms with Crippen molar-refractivity contribution in [2.24, 2.45) is 0 Å². The molecule has 3 rings (SSSR count). The third-order valence-corrected chi connectivity index (χ3v) is 4.26. The van der Waals surface area contributed by atoms with Crippen molar-refractivity contribution in [3.8, 4) is 0 Å². The number of ether oxygens (including phenoxy) is 1. The molecule has 0 aliphatic carbocycles. The number of anilines is 1. The molecule has 2 fully saturated rings. The third kappa shape index (κ3) is 2.76. The van der Waals surface area contributed by atoms with Gasteiger partial charge in [0.15, 0.2) is 0 Å². The molecule has 108 valence electrons. The molecule has 2 aliphatic rings. The summed E-state index contributed by atoms with van der Waals surface area (Å²) in [5.41, 5.74) is 1.71. The highest BCUT2D eigenvalue weighted by atomic mass is 35.5. The summed E-state index contributed by atoms with van der Waals surface area (Å²) in [6.07, 6.45) is 2.38. The van der Waals surface area contributed by atoms with Gasteiger partial charge >= 0.3 is 0 Å². The highest BCUT2D eigenvalue weighted by Gasteiger charge is 2.21. The maximum atomic E-state index is 12.5. The van der Waals surface area contributed by atoms with Crippen LogP contribution in [-0.2, 0) is 4.74 Å². The molecule has 1 aromatic carbocycles. The van der Waals surface area contributed by atoms with Crippen LogP contribution in [0.5, 0.6) is 0 Å². The van der Waals surface area contributed by atoms with Crippen molar-refractivity contribution in [3.05, 3.63) is 28.8 Å². The Morgan fingerprint density at radius 2 is 1.80 bits per heavy atom. The van der Waals surface area contributed by atoms with Crippen LogP contribution in [0.15, 0.2) is 18.2 Å². The molecule has 0 atom stereocenters. The van der Waals surface area contributed by atoms with E-state index >= 15 is 0 Å². The van der Waals surface area contributed by atoms with E-state index in [0.29, 0.717) is 26.3 Å². The van der Waals surface area contributed by atoms with E-state index in [1.54, 1.807) is 0 Å². The average Bonchev–Trinajstić information content (AvgIpc) is 3.02. The van der Waals surface area contributed by atoms with Crippen LogP contribution in [-0.4, -0.2) is 50.2 Å². The fraction of sp³-hybridized carbons (Fsp3) is 0.533. The van der Waals surface area contributed by atoms with E-state index in [-0.39, 0.29) is 5.91 Å². The monoisotopic (exact) mass is 294 g/mol. The maximum Gasteiger partial charge on any atom is 0.254 e. The standard InChI is InChI=1S/C15H19ClN2O2/c16-13-4-3-12(11-14(13)17-5-1-2-6-17)15(19)18-7-9-20-10-8-18/h3-4,11H,1-2,5-10H2. The topological polar surface area (TPSA) is 32.8 Å². The van der Waals surface area contributed by atoms with E-state index in [0.717, 1.165) is 29.4 Å². The first-order chi connectivity index (χ1) is 9.75. The Morgan fingerprint density at radius 1 is 1.10 bits per heavy atom. The normalized spacial score (nSPS) is 19.4. The molecule has 4 nitrogen and oxygen atoms in total. The lowest BCUT2D eigenvalue weighted by atomic mass is 10.1. The summed E-state index contributed by atoms with van der Waals surface area (Å²) in [4.78, 5) is 16.6. The molecule has 20 heavy (non-hydrogen) atoms. The second-order valence-electron chi connectivity index (χ2n) is 5.26. The van der Waals surface area contributed by atoms with Gasteiger partial charge in [-0.25, -0.2) is 0 Å². The lowest BCUT2D eigenvalue weighted by Crippen LogP contribution is -2.40. The zero-order valence-corrected chi connectivity index (χ0v) is 12.2. The van der Waals surface area contributed by atoms with Crippen LogP contribution in [0.3, 0.4) is 0 Å². The minimum absolute atomic E-state index is 0.0745. The van der Waals surface area contributed by atoms with Crippen LogP contribution in [0.25, 0.3) is 0 Å². The van der Waals surface area contributed by atoms with Crippen LogP contribution >= 0.6 is 11.6 Å². The predicted octanol–water partition coefficient (Wildman–Crippen LogP) is 2.41. The van der Waals surface area contributed by atoms with Crippen molar-refractivity contribution in [2.45, 2.75) is 12.8 Å². The number of benzene rings is 1. The summed E-state index contributed by atoms with van der Waals surface area (Å²) >= 11 is 6.28. The van der Waals surface area contributed by atoms with Crippen LogP contribution < -0.4 is 4.90 Å². The smallest absolute Gasteiger partial charge is 0.254 e. The second kappa shape index (κ2) is 6.02. The lowest BCUT2D eigenvalue weighted by Gasteiger charge is -2.27. The lowest BCUT2D eigenvalue weighted by molar-refractivity contribution is 0.0303. The summed E-state index contributed by atoms with van der Waals surface area (Å²) in [6.45, 7) is 4.63. The van der Waals surface area contributed by atoms with Gasteiger partial charge in [-0.05, 0) is 31.0 Å². The molecule has 2 heterocycles. The average molecular weight is 295 g/mol. The van der Waals surface area contributed by atoms with Gasteiger partial charge in [0.25, 0.3) is 5.91 Å². The van der Waals surface area contributed by atoms with E-state index < -0.39 is 0 Å². The predicted molar refractivity (Wildman–Crippen MR) is 79.6 cm³/mol. The number of morpholine rings is 1. The van der Waals surface area contributed by atoms with Crippen LogP contribution in [0, 0.1) is 0 Å². The zero-order valence-electron chi connectivity index (χ0n) is 11.5. The molecule has 0 radical (unpaired) electrons. The van der Waals surface area contributed by atoms with Crippen molar-refractivity contribution < 1.29 is 9.53 Å². The largest absolute Gasteiger partial charge is 0.378 e. The number of carbonyl (C=O) groups excluding carboxylic acids is 1. The van der Waals surface area contributed by atoms with Gasteiger partial charge in [0.05, 0.1) is 23.9 Å². The molecule has 0 saturated carbocycles. The molecule has 0 spiro atoms. The summed E-state index contributed by atoms with van der Waals surface area (Å²) in [6, 6.07) is 5.59. The third-order valence-electron chi connectivity index (χ3n) is 3.94. The molecular weight excluding hydrogens is 276 g/mol. The highest BCUT2D eigenvalue weighted by Crippen LogP contribution is 2.30. The van der Waals surface area contributed by atoms with E-state index in [4.69, 9.17) is 16.3 Å². The number of carbonyl (C=O) groups is 1. The molecule has 0 aromatic heterocycles. The first kappa shape index (κ1) is 13.7. The Labute approximate surface area is 124 Å². The first-order valence-electron chi connectivity index (χ1n) is 7.17. The summed E-state index contributed by atoms with van der Waals surface area (Å²) < 4.78 is 5.29. The molecule has 1 amide bonds. The molecule has 2 aliphatic heterocycles. The van der Waals surface area contributed by atoms with Gasteiger partial charge in [0.2, 0.25) is 0 Å². The van der Waals surface area contributed by atoms with E-state index in [9.17, 15) is 4.79 Å². The quantitative estimate of drug-likeness (QED) is 0.840. The van der Waals surface area contributed by atoms with Gasteiger partial charge in [0.1, 0.15) is 0 Å². The van der Waals surface area contributed by atoms with E-state index in [1.807, 2.05) is 23.1 Å². The van der Waals surface area contributed by atoms with Gasteiger partial charge < -0.3 is 14.5 Å². The van der Waals surface area contributed by atoms with Crippen molar-refractivity contribution in [1.29, 1.82) is 0 Å². The number of nitrogens with zero attached hydrogens (tertiary/aromatic N) is 2. The first-order valence-corrected chi connectivity index (χ1v) is 7.55. The van der Waals surface area contributed by atoms with Crippen molar-refractivity contribution >= 4 is 23.2 Å². The molecule has 5 heteroatoms. The highest BCUT2D eigenvalue weighted by molar-refractivity contribution is 6.33. The Balaban J connectivity index is 1.82. The Kier molecular flexibility index (Phi) is 4.13. The zero-order chi connectivity index (χ0) is 13.9. The minimum atomic E-state index is 0.0745. The fourth-order valence-corrected chi connectivity index (χ4v) is 3.03.